The first-order chi connectivity index (χ1) is 7.04. The molecule has 0 aliphatic rings. The molecule has 0 aromatic heterocycles. The van der Waals surface area contributed by atoms with E-state index in [4.69, 9.17) is 10.2 Å². The van der Waals surface area contributed by atoms with Crippen LogP contribution >= 0.6 is 0 Å². The van der Waals surface area contributed by atoms with E-state index in [0.717, 1.165) is 18.2 Å². The average Bonchev–Trinajstić information content (AvgIpc) is 2.17. The summed E-state index contributed by atoms with van der Waals surface area (Å²) < 4.78 is 0. The third kappa shape index (κ3) is 2.53. The van der Waals surface area contributed by atoms with Crippen LogP contribution in [0, 0.1) is 0 Å². The molecule has 0 heterocycles. The standard InChI is InChI=1S/C9H6NO5/c11-4-10-7-2-5(8(12)13)1-6(3-7)9(14)15/h1-3H,(H,10,11)(H,12,13)(H,14,15). The minimum Gasteiger partial charge on any atom is -0.478 e. The molecule has 0 spiro atoms. The molecular weight excluding hydrogens is 202 g/mol. The summed E-state index contributed by atoms with van der Waals surface area (Å²) in [5, 5.41) is 19.4. The number of carboxylic acids is 2. The number of benzene rings is 1. The minimum atomic E-state index is -1.27. The molecule has 0 saturated carbocycles. The van der Waals surface area contributed by atoms with E-state index in [1.807, 2.05) is 0 Å². The number of anilines is 1. The van der Waals surface area contributed by atoms with Crippen molar-refractivity contribution in [2.45, 2.75) is 0 Å². The Morgan fingerprint density at radius 1 is 1.07 bits per heavy atom. The van der Waals surface area contributed by atoms with Gasteiger partial charge in [0.05, 0.1) is 11.1 Å². The van der Waals surface area contributed by atoms with Gasteiger partial charge >= 0.3 is 18.3 Å². The van der Waals surface area contributed by atoms with Crippen molar-refractivity contribution < 1.29 is 24.6 Å². The topological polar surface area (TPSA) is 104 Å². The average molecular weight is 208 g/mol. The van der Waals surface area contributed by atoms with Gasteiger partial charge in [-0.1, -0.05) is 0 Å². The van der Waals surface area contributed by atoms with E-state index in [2.05, 4.69) is 5.32 Å². The smallest absolute Gasteiger partial charge is 0.335 e. The molecular formula is C9H6NO5. The number of carboxylic acid groups (broad SMARTS) is 2. The number of amides is 1. The summed E-state index contributed by atoms with van der Waals surface area (Å²) in [5.41, 5.74) is -0.359. The molecule has 0 aliphatic heterocycles. The van der Waals surface area contributed by atoms with E-state index in [0.29, 0.717) is 0 Å². The van der Waals surface area contributed by atoms with Crippen molar-refractivity contribution in [3.8, 4) is 0 Å². The van der Waals surface area contributed by atoms with Crippen molar-refractivity contribution in [2.24, 2.45) is 0 Å². The zero-order chi connectivity index (χ0) is 11.4. The number of carbonyl (C=O) groups is 2. The predicted molar refractivity (Wildman–Crippen MR) is 49.7 cm³/mol. The maximum atomic E-state index is 10.6. The van der Waals surface area contributed by atoms with Crippen molar-refractivity contribution in [3.05, 3.63) is 29.3 Å². The highest BCUT2D eigenvalue weighted by molar-refractivity contribution is 5.96. The largest absolute Gasteiger partial charge is 0.478 e. The molecule has 0 aliphatic carbocycles. The Morgan fingerprint density at radius 2 is 1.53 bits per heavy atom. The van der Waals surface area contributed by atoms with Crippen LogP contribution < -0.4 is 5.32 Å². The highest BCUT2D eigenvalue weighted by Crippen LogP contribution is 2.14. The summed E-state index contributed by atoms with van der Waals surface area (Å²) in [4.78, 5) is 31.2. The molecule has 77 valence electrons. The van der Waals surface area contributed by atoms with E-state index < -0.39 is 11.9 Å². The number of rotatable bonds is 4. The van der Waals surface area contributed by atoms with Crippen LogP contribution in [0.15, 0.2) is 18.2 Å². The van der Waals surface area contributed by atoms with Crippen molar-refractivity contribution >= 4 is 24.0 Å². The van der Waals surface area contributed by atoms with Crippen LogP contribution in [-0.2, 0) is 4.79 Å². The van der Waals surface area contributed by atoms with Gasteiger partial charge in [-0.25, -0.2) is 9.59 Å². The maximum absolute atomic E-state index is 10.6. The Kier molecular flexibility index (Phi) is 3.02. The molecule has 1 radical (unpaired) electrons. The number of nitrogens with one attached hydrogen (secondary N) is 1. The van der Waals surface area contributed by atoms with Gasteiger partial charge in [-0.05, 0) is 18.2 Å². The molecule has 6 heteroatoms. The van der Waals surface area contributed by atoms with Gasteiger partial charge < -0.3 is 15.5 Å². The fourth-order valence-electron chi connectivity index (χ4n) is 1.01. The van der Waals surface area contributed by atoms with Gasteiger partial charge in [-0.15, -0.1) is 0 Å². The second-order valence-electron chi connectivity index (χ2n) is 2.64. The Balaban J connectivity index is 3.25. The van der Waals surface area contributed by atoms with Crippen molar-refractivity contribution in [1.82, 2.24) is 0 Å². The number of carbonyl (C=O) groups excluding carboxylic acids is 1. The Labute approximate surface area is 84.1 Å². The summed E-state index contributed by atoms with van der Waals surface area (Å²) in [6.45, 7) is 0. The number of aromatic carboxylic acids is 2. The van der Waals surface area contributed by atoms with E-state index in [-0.39, 0.29) is 16.8 Å². The lowest BCUT2D eigenvalue weighted by molar-refractivity contribution is 0.0696. The highest BCUT2D eigenvalue weighted by Gasteiger charge is 2.10. The van der Waals surface area contributed by atoms with E-state index in [9.17, 15) is 14.4 Å². The Bertz CT molecular complexity index is 394. The third-order valence-electron chi connectivity index (χ3n) is 1.62. The van der Waals surface area contributed by atoms with Crippen molar-refractivity contribution in [1.29, 1.82) is 0 Å². The van der Waals surface area contributed by atoms with Gasteiger partial charge in [0, 0.05) is 5.69 Å². The molecule has 0 fully saturated rings. The summed E-state index contributed by atoms with van der Waals surface area (Å²) in [7, 11) is 0. The van der Waals surface area contributed by atoms with Gasteiger partial charge in [-0.2, -0.15) is 0 Å². The predicted octanol–water partition coefficient (Wildman–Crippen LogP) is 0.562. The van der Waals surface area contributed by atoms with E-state index >= 15 is 0 Å². The quantitative estimate of drug-likeness (QED) is 0.627. The summed E-state index contributed by atoms with van der Waals surface area (Å²) in [6.07, 6.45) is 1.33. The second-order valence-corrected chi connectivity index (χ2v) is 2.64. The minimum absolute atomic E-state index is 0.0716. The second kappa shape index (κ2) is 4.23. The van der Waals surface area contributed by atoms with Crippen molar-refractivity contribution in [2.75, 3.05) is 5.32 Å². The lowest BCUT2D eigenvalue weighted by Gasteiger charge is -2.02. The molecule has 1 rings (SSSR count). The van der Waals surface area contributed by atoms with Crippen LogP contribution in [0.3, 0.4) is 0 Å². The fourth-order valence-corrected chi connectivity index (χ4v) is 1.01. The van der Waals surface area contributed by atoms with E-state index in [1.54, 1.807) is 0 Å². The van der Waals surface area contributed by atoms with Crippen LogP contribution in [0.5, 0.6) is 0 Å². The maximum Gasteiger partial charge on any atom is 0.335 e. The molecule has 1 aromatic rings. The Morgan fingerprint density at radius 3 is 1.87 bits per heavy atom. The first-order valence-corrected chi connectivity index (χ1v) is 3.79. The lowest BCUT2D eigenvalue weighted by atomic mass is 10.1. The lowest BCUT2D eigenvalue weighted by Crippen LogP contribution is -2.05. The third-order valence-corrected chi connectivity index (χ3v) is 1.62. The molecule has 0 atom stereocenters. The van der Waals surface area contributed by atoms with Crippen molar-refractivity contribution in [3.63, 3.8) is 0 Å². The van der Waals surface area contributed by atoms with Gasteiger partial charge in [0.2, 0.25) is 0 Å². The SMILES string of the molecule is O=[C]Nc1cc(C(=O)O)cc(C(=O)O)c1. The van der Waals surface area contributed by atoms with Gasteiger partial charge in [0.1, 0.15) is 0 Å². The highest BCUT2D eigenvalue weighted by atomic mass is 16.4. The zero-order valence-electron chi connectivity index (χ0n) is 7.35. The van der Waals surface area contributed by atoms with Crippen LogP contribution in [0.25, 0.3) is 0 Å². The number of hydrogen-bond acceptors (Lipinski definition) is 3. The summed E-state index contributed by atoms with van der Waals surface area (Å²) >= 11 is 0. The van der Waals surface area contributed by atoms with Crippen LogP contribution in [-0.4, -0.2) is 28.6 Å². The first-order valence-electron chi connectivity index (χ1n) is 3.79. The van der Waals surface area contributed by atoms with Crippen LogP contribution in [0.4, 0.5) is 5.69 Å². The van der Waals surface area contributed by atoms with Gasteiger partial charge in [0.15, 0.2) is 0 Å². The molecule has 0 bridgehead atoms. The molecule has 1 amide bonds. The molecule has 0 saturated heterocycles. The van der Waals surface area contributed by atoms with Gasteiger partial charge in [-0.3, -0.25) is 4.79 Å². The van der Waals surface area contributed by atoms with Gasteiger partial charge in [0.25, 0.3) is 0 Å². The molecule has 6 nitrogen and oxygen atoms in total. The molecule has 1 aromatic carbocycles. The Hall–Kier alpha value is -2.37. The normalized spacial score (nSPS) is 9.33. The number of hydrogen-bond donors (Lipinski definition) is 3. The zero-order valence-corrected chi connectivity index (χ0v) is 7.35. The first kappa shape index (κ1) is 10.7. The summed E-state index contributed by atoms with van der Waals surface area (Å²) in [6, 6.07) is 3.28. The summed E-state index contributed by atoms with van der Waals surface area (Å²) in [5.74, 6) is -2.54. The monoisotopic (exact) mass is 208 g/mol. The molecule has 15 heavy (non-hydrogen) atoms. The van der Waals surface area contributed by atoms with Crippen LogP contribution in [0.2, 0.25) is 0 Å². The fraction of sp³-hybridized carbons (Fsp3) is 0. The molecule has 0 unspecified atom stereocenters. The van der Waals surface area contributed by atoms with Crippen LogP contribution in [0.1, 0.15) is 20.7 Å². The van der Waals surface area contributed by atoms with E-state index in [1.165, 1.54) is 6.41 Å². The molecule has 3 N–H and O–H groups in total.